The molecule has 5 aromatic rings. The number of nitrogens with zero attached hydrogens (tertiary/aromatic N) is 4. The number of halogens is 4. The number of alkyl halides is 3. The zero-order chi connectivity index (χ0) is 25.4. The molecule has 0 aliphatic heterocycles. The van der Waals surface area contributed by atoms with Crippen molar-refractivity contribution in [1.29, 1.82) is 0 Å². The Balaban J connectivity index is 1.71. The molecule has 0 amide bonds. The molecule has 0 aliphatic rings. The van der Waals surface area contributed by atoms with Gasteiger partial charge in [0.2, 0.25) is 0 Å². The number of anilines is 1. The van der Waals surface area contributed by atoms with Gasteiger partial charge in [-0.05, 0) is 42.3 Å². The van der Waals surface area contributed by atoms with Crippen LogP contribution in [0.4, 0.5) is 23.2 Å². The van der Waals surface area contributed by atoms with E-state index in [1.807, 2.05) is 6.92 Å². The number of imidazole rings is 1. The summed E-state index contributed by atoms with van der Waals surface area (Å²) in [6.07, 6.45) is -2.05. The van der Waals surface area contributed by atoms with Gasteiger partial charge in [-0.3, -0.25) is 9.36 Å². The van der Waals surface area contributed by atoms with Gasteiger partial charge < -0.3 is 10.3 Å². The van der Waals surface area contributed by atoms with Crippen molar-refractivity contribution in [2.45, 2.75) is 32.0 Å². The standard InChI is InChI=1S/C25H20F4N6O/c1-2-17(33-19-9-10-30-22-21(19)31-13-32-22)23-34-18-8-4-7-16(26)20(18)24(36)35(23)15-6-3-5-14(11-15)12-25(27,28)29/h3-11,13,17H,2,12H2,1H3,(H2,30,31,32,33). The van der Waals surface area contributed by atoms with Gasteiger partial charge in [-0.25, -0.2) is 19.3 Å². The maximum Gasteiger partial charge on any atom is 0.393 e. The van der Waals surface area contributed by atoms with Crippen LogP contribution in [0.3, 0.4) is 0 Å². The summed E-state index contributed by atoms with van der Waals surface area (Å²) in [5.41, 5.74) is 1.33. The average Bonchev–Trinajstić information content (AvgIpc) is 3.31. The Kier molecular flexibility index (Phi) is 5.91. The van der Waals surface area contributed by atoms with Crippen LogP contribution < -0.4 is 10.9 Å². The average molecular weight is 496 g/mol. The lowest BCUT2D eigenvalue weighted by Crippen LogP contribution is -2.29. The number of fused-ring (bicyclic) bond motifs is 2. The molecule has 11 heteroatoms. The summed E-state index contributed by atoms with van der Waals surface area (Å²) in [5.74, 6) is -0.532. The van der Waals surface area contributed by atoms with E-state index in [1.165, 1.54) is 47.3 Å². The highest BCUT2D eigenvalue weighted by atomic mass is 19.4. The van der Waals surface area contributed by atoms with Gasteiger partial charge in [0.15, 0.2) is 5.65 Å². The van der Waals surface area contributed by atoms with Crippen LogP contribution >= 0.6 is 0 Å². The van der Waals surface area contributed by atoms with Gasteiger partial charge in [-0.2, -0.15) is 13.2 Å². The number of H-pyrrole nitrogens is 1. The number of rotatable bonds is 6. The first-order valence-electron chi connectivity index (χ1n) is 11.2. The topological polar surface area (TPSA) is 88.5 Å². The van der Waals surface area contributed by atoms with Gasteiger partial charge in [0.1, 0.15) is 22.5 Å². The van der Waals surface area contributed by atoms with Crippen molar-refractivity contribution in [3.05, 3.63) is 88.6 Å². The second-order valence-corrected chi connectivity index (χ2v) is 8.27. The number of hydrogen-bond acceptors (Lipinski definition) is 5. The molecule has 5 rings (SSSR count). The fourth-order valence-electron chi connectivity index (χ4n) is 4.23. The summed E-state index contributed by atoms with van der Waals surface area (Å²) in [7, 11) is 0. The Morgan fingerprint density at radius 1 is 1.11 bits per heavy atom. The molecule has 36 heavy (non-hydrogen) atoms. The summed E-state index contributed by atoms with van der Waals surface area (Å²) in [6, 6.07) is 10.8. The lowest BCUT2D eigenvalue weighted by Gasteiger charge is -2.23. The minimum absolute atomic E-state index is 0.0279. The fourth-order valence-corrected chi connectivity index (χ4v) is 4.23. The quantitative estimate of drug-likeness (QED) is 0.305. The van der Waals surface area contributed by atoms with E-state index in [4.69, 9.17) is 0 Å². The Morgan fingerprint density at radius 2 is 1.92 bits per heavy atom. The fraction of sp³-hybridized carbons (Fsp3) is 0.200. The van der Waals surface area contributed by atoms with E-state index >= 15 is 0 Å². The molecule has 0 saturated heterocycles. The van der Waals surface area contributed by atoms with Crippen LogP contribution in [0.25, 0.3) is 27.8 Å². The molecule has 1 unspecified atom stereocenters. The number of pyridine rings is 1. The van der Waals surface area contributed by atoms with Gasteiger partial charge >= 0.3 is 6.18 Å². The van der Waals surface area contributed by atoms with E-state index in [0.717, 1.165) is 6.07 Å². The van der Waals surface area contributed by atoms with Crippen LogP contribution in [0.15, 0.2) is 65.8 Å². The SMILES string of the molecule is CCC(Nc1ccnc2[nH]cnc12)c1nc2cccc(F)c2c(=O)n1-c1cccc(CC(F)(F)F)c1. The Hall–Kier alpha value is -4.28. The number of nitrogens with one attached hydrogen (secondary N) is 2. The highest BCUT2D eigenvalue weighted by Gasteiger charge is 2.28. The van der Waals surface area contributed by atoms with Crippen LogP contribution in [0.2, 0.25) is 0 Å². The molecule has 2 aromatic carbocycles. The van der Waals surface area contributed by atoms with Gasteiger partial charge in [0.05, 0.1) is 35.7 Å². The number of aromatic nitrogens is 5. The second kappa shape index (κ2) is 9.06. The van der Waals surface area contributed by atoms with Crippen molar-refractivity contribution in [3.63, 3.8) is 0 Å². The molecule has 3 aromatic heterocycles. The molecule has 0 spiro atoms. The van der Waals surface area contributed by atoms with Crippen LogP contribution in [0, 0.1) is 5.82 Å². The zero-order valence-corrected chi connectivity index (χ0v) is 19.0. The number of benzene rings is 2. The third kappa shape index (κ3) is 4.39. The highest BCUT2D eigenvalue weighted by Crippen LogP contribution is 2.28. The van der Waals surface area contributed by atoms with Gasteiger partial charge in [-0.15, -0.1) is 0 Å². The first-order chi connectivity index (χ1) is 17.2. The third-order valence-corrected chi connectivity index (χ3v) is 5.81. The first-order valence-corrected chi connectivity index (χ1v) is 11.2. The van der Waals surface area contributed by atoms with Crippen LogP contribution in [-0.2, 0) is 6.42 Å². The highest BCUT2D eigenvalue weighted by molar-refractivity contribution is 5.85. The molecule has 0 saturated carbocycles. The monoisotopic (exact) mass is 496 g/mol. The third-order valence-electron chi connectivity index (χ3n) is 5.81. The van der Waals surface area contributed by atoms with E-state index in [9.17, 15) is 22.4 Å². The number of hydrogen-bond donors (Lipinski definition) is 2. The lowest BCUT2D eigenvalue weighted by molar-refractivity contribution is -0.127. The van der Waals surface area contributed by atoms with Gasteiger partial charge in [0, 0.05) is 6.20 Å². The van der Waals surface area contributed by atoms with Crippen molar-refractivity contribution < 1.29 is 17.6 Å². The minimum Gasteiger partial charge on any atom is -0.373 e. The molecular formula is C25H20F4N6O. The summed E-state index contributed by atoms with van der Waals surface area (Å²) in [4.78, 5) is 29.6. The first kappa shape index (κ1) is 23.5. The smallest absolute Gasteiger partial charge is 0.373 e. The molecule has 7 nitrogen and oxygen atoms in total. The predicted octanol–water partition coefficient (Wildman–Crippen LogP) is 5.46. The molecule has 1 atom stereocenters. The normalized spacial score (nSPS) is 12.8. The molecule has 0 aliphatic carbocycles. The minimum atomic E-state index is -4.43. The molecule has 184 valence electrons. The van der Waals surface area contributed by atoms with Crippen molar-refractivity contribution in [1.82, 2.24) is 24.5 Å². The van der Waals surface area contributed by atoms with Crippen molar-refractivity contribution >= 4 is 27.8 Å². The molecule has 0 radical (unpaired) electrons. The summed E-state index contributed by atoms with van der Waals surface area (Å²) in [5, 5.41) is 3.09. The van der Waals surface area contributed by atoms with E-state index < -0.39 is 30.0 Å². The maximum atomic E-state index is 14.7. The van der Waals surface area contributed by atoms with Gasteiger partial charge in [0.25, 0.3) is 5.56 Å². The van der Waals surface area contributed by atoms with Crippen LogP contribution in [0.5, 0.6) is 0 Å². The lowest BCUT2D eigenvalue weighted by atomic mass is 10.1. The van der Waals surface area contributed by atoms with Crippen LogP contribution in [-0.4, -0.2) is 30.7 Å². The van der Waals surface area contributed by atoms with Gasteiger partial charge in [-0.1, -0.05) is 25.1 Å². The van der Waals surface area contributed by atoms with Crippen molar-refractivity contribution in [3.8, 4) is 5.69 Å². The van der Waals surface area contributed by atoms with E-state index in [0.29, 0.717) is 23.3 Å². The molecule has 2 N–H and O–H groups in total. The predicted molar refractivity (Wildman–Crippen MR) is 128 cm³/mol. The molecule has 0 bridgehead atoms. The summed E-state index contributed by atoms with van der Waals surface area (Å²) in [6.45, 7) is 1.87. The van der Waals surface area contributed by atoms with E-state index in [-0.39, 0.29) is 28.0 Å². The Morgan fingerprint density at radius 3 is 2.69 bits per heavy atom. The van der Waals surface area contributed by atoms with Crippen molar-refractivity contribution in [2.24, 2.45) is 0 Å². The Bertz CT molecular complexity index is 1630. The Labute approximate surface area is 201 Å². The van der Waals surface area contributed by atoms with Crippen molar-refractivity contribution in [2.75, 3.05) is 5.32 Å². The van der Waals surface area contributed by atoms with Crippen LogP contribution in [0.1, 0.15) is 30.8 Å². The number of aromatic amines is 1. The maximum absolute atomic E-state index is 14.7. The zero-order valence-electron chi connectivity index (χ0n) is 19.0. The molecule has 3 heterocycles. The largest absolute Gasteiger partial charge is 0.393 e. The molecular weight excluding hydrogens is 476 g/mol. The summed E-state index contributed by atoms with van der Waals surface area (Å²) < 4.78 is 55.1. The summed E-state index contributed by atoms with van der Waals surface area (Å²) >= 11 is 0. The molecule has 0 fully saturated rings. The second-order valence-electron chi connectivity index (χ2n) is 8.27. The van der Waals surface area contributed by atoms with E-state index in [1.54, 1.807) is 12.3 Å². The van der Waals surface area contributed by atoms with E-state index in [2.05, 4.69) is 25.3 Å².